The number of benzene rings is 1. The number of nitrogens with zero attached hydrogens (tertiary/aromatic N) is 6. The molecule has 39 heavy (non-hydrogen) atoms. The molecule has 1 aromatic carbocycles. The van der Waals surface area contributed by atoms with E-state index < -0.39 is 0 Å². The van der Waals surface area contributed by atoms with Crippen LogP contribution in [-0.2, 0) is 11.2 Å². The molecule has 2 aliphatic carbocycles. The number of Topliss-reactive ketones (excluding diaryl/α,β-unsaturated/α-hetero) is 1. The third-order valence-electron chi connectivity index (χ3n) is 7.44. The molecule has 2 aliphatic rings. The van der Waals surface area contributed by atoms with E-state index in [0.717, 1.165) is 34.9 Å². The van der Waals surface area contributed by atoms with Crippen molar-refractivity contribution in [2.24, 2.45) is 0 Å². The molecule has 0 aliphatic heterocycles. The molecule has 0 radical (unpaired) electrons. The smallest absolute Gasteiger partial charge is 0.237 e. The number of aromatic nitrogens is 6. The molecule has 6 rings (SSSR count). The van der Waals surface area contributed by atoms with E-state index in [4.69, 9.17) is 0 Å². The monoisotopic (exact) mass is 539 g/mol. The van der Waals surface area contributed by atoms with Crippen LogP contribution in [0.4, 0.5) is 5.95 Å². The lowest BCUT2D eigenvalue weighted by Gasteiger charge is -2.25. The molecule has 0 saturated heterocycles. The van der Waals surface area contributed by atoms with Gasteiger partial charge in [-0.2, -0.15) is 0 Å². The molecule has 1 saturated carbocycles. The lowest BCUT2D eigenvalue weighted by atomic mass is 9.82. The van der Waals surface area contributed by atoms with Crippen LogP contribution in [0.25, 0.3) is 11.4 Å². The Morgan fingerprint density at radius 2 is 1.79 bits per heavy atom. The third kappa shape index (κ3) is 5.61. The second kappa shape index (κ2) is 11.4. The molecule has 10 heteroatoms. The van der Waals surface area contributed by atoms with Crippen LogP contribution in [0.15, 0.2) is 66.2 Å². The van der Waals surface area contributed by atoms with Crippen molar-refractivity contribution in [1.29, 1.82) is 0 Å². The number of nitrogens with one attached hydrogen (secondary N) is 1. The van der Waals surface area contributed by atoms with E-state index in [0.29, 0.717) is 30.1 Å². The fourth-order valence-electron chi connectivity index (χ4n) is 5.50. The summed E-state index contributed by atoms with van der Waals surface area (Å²) in [5.41, 5.74) is 3.30. The Morgan fingerprint density at radius 3 is 2.59 bits per heavy atom. The Labute approximate surface area is 230 Å². The number of hydrogen-bond acceptors (Lipinski definition) is 8. The quantitative estimate of drug-likeness (QED) is 0.316. The summed E-state index contributed by atoms with van der Waals surface area (Å²) in [4.78, 5) is 38.6. The molecule has 4 aromatic rings. The van der Waals surface area contributed by atoms with Gasteiger partial charge in [0.05, 0.1) is 17.0 Å². The number of ketones is 1. The first kappa shape index (κ1) is 25.4. The van der Waals surface area contributed by atoms with Crippen LogP contribution in [0.5, 0.6) is 0 Å². The summed E-state index contributed by atoms with van der Waals surface area (Å²) in [6.07, 6.45) is 11.8. The van der Waals surface area contributed by atoms with Crippen molar-refractivity contribution in [2.75, 3.05) is 11.1 Å². The topological polar surface area (TPSA) is 116 Å². The summed E-state index contributed by atoms with van der Waals surface area (Å²) in [5, 5.41) is 12.5. The molecule has 1 N–H and O–H groups in total. The standard InChI is InChI=1S/C29H29N7O2S/c37-25-16-21(19-7-3-1-4-8-19)15-24-23(25)17-31-28(32-24)33-26(38)18-39-29-35-34-27(20-11-13-30-14-12-20)36(29)22-9-5-2-6-10-22/h1,3-4,7-8,11-14,17,21-22H,2,5-6,9-10,15-16,18H2,(H,31,32,33,38)/t21-/m0/s1. The van der Waals surface area contributed by atoms with E-state index in [1.807, 2.05) is 42.5 Å². The van der Waals surface area contributed by atoms with Crippen molar-refractivity contribution in [3.63, 3.8) is 0 Å². The number of fused-ring (bicyclic) bond motifs is 1. The molecule has 0 spiro atoms. The largest absolute Gasteiger partial charge is 0.299 e. The summed E-state index contributed by atoms with van der Waals surface area (Å²) in [6.45, 7) is 0. The van der Waals surface area contributed by atoms with Crippen LogP contribution in [0.2, 0.25) is 0 Å². The molecule has 3 heterocycles. The zero-order valence-electron chi connectivity index (χ0n) is 21.5. The second-order valence-electron chi connectivity index (χ2n) is 10.0. The SMILES string of the molecule is O=C(CSc1nnc(-c2ccncc2)n1C1CCCCC1)Nc1ncc2c(n1)C[C@H](c1ccccc1)CC2=O. The van der Waals surface area contributed by atoms with Gasteiger partial charge in [0, 0.05) is 36.6 Å². The lowest BCUT2D eigenvalue weighted by molar-refractivity contribution is -0.113. The maximum absolute atomic E-state index is 12.9. The number of amides is 1. The molecule has 1 atom stereocenters. The summed E-state index contributed by atoms with van der Waals surface area (Å²) in [7, 11) is 0. The molecule has 1 fully saturated rings. The first-order chi connectivity index (χ1) is 19.2. The van der Waals surface area contributed by atoms with Gasteiger partial charge in [-0.05, 0) is 42.9 Å². The highest BCUT2D eigenvalue weighted by Gasteiger charge is 2.28. The number of hydrogen-bond donors (Lipinski definition) is 1. The summed E-state index contributed by atoms with van der Waals surface area (Å²) in [5.74, 6) is 1.04. The Bertz CT molecular complexity index is 1470. The number of carbonyl (C=O) groups excluding carboxylic acids is 2. The predicted octanol–water partition coefficient (Wildman–Crippen LogP) is 5.28. The fraction of sp³-hybridized carbons (Fsp3) is 0.345. The first-order valence-corrected chi connectivity index (χ1v) is 14.4. The maximum atomic E-state index is 12.9. The van der Waals surface area contributed by atoms with Crippen LogP contribution in [0, 0.1) is 0 Å². The Kier molecular flexibility index (Phi) is 7.44. The van der Waals surface area contributed by atoms with Crippen LogP contribution < -0.4 is 5.32 Å². The van der Waals surface area contributed by atoms with E-state index >= 15 is 0 Å². The minimum atomic E-state index is -0.231. The average molecular weight is 540 g/mol. The van der Waals surface area contributed by atoms with Gasteiger partial charge in [0.1, 0.15) is 0 Å². The van der Waals surface area contributed by atoms with Gasteiger partial charge in [0.15, 0.2) is 16.8 Å². The van der Waals surface area contributed by atoms with Gasteiger partial charge < -0.3 is 0 Å². The molecule has 0 bridgehead atoms. The summed E-state index contributed by atoms with van der Waals surface area (Å²) < 4.78 is 2.19. The van der Waals surface area contributed by atoms with E-state index in [1.165, 1.54) is 37.2 Å². The highest BCUT2D eigenvalue weighted by molar-refractivity contribution is 7.99. The Morgan fingerprint density at radius 1 is 1.00 bits per heavy atom. The molecular formula is C29H29N7O2S. The van der Waals surface area contributed by atoms with Crippen LogP contribution in [0.1, 0.15) is 72.1 Å². The molecule has 0 unspecified atom stereocenters. The van der Waals surface area contributed by atoms with Gasteiger partial charge in [-0.25, -0.2) is 9.97 Å². The number of rotatable bonds is 7. The summed E-state index contributed by atoms with van der Waals surface area (Å²) in [6, 6.07) is 14.2. The molecular weight excluding hydrogens is 510 g/mol. The van der Waals surface area contributed by atoms with Crippen molar-refractivity contribution in [3.8, 4) is 11.4 Å². The average Bonchev–Trinajstić information content (AvgIpc) is 3.41. The van der Waals surface area contributed by atoms with Gasteiger partial charge in [0.25, 0.3) is 0 Å². The Hall–Kier alpha value is -3.92. The zero-order valence-corrected chi connectivity index (χ0v) is 22.3. The van der Waals surface area contributed by atoms with Crippen LogP contribution >= 0.6 is 11.8 Å². The zero-order chi connectivity index (χ0) is 26.6. The minimum absolute atomic E-state index is 0.0329. The predicted molar refractivity (Wildman–Crippen MR) is 149 cm³/mol. The van der Waals surface area contributed by atoms with Crippen molar-refractivity contribution in [1.82, 2.24) is 29.7 Å². The molecule has 9 nitrogen and oxygen atoms in total. The molecule has 1 amide bonds. The van der Waals surface area contributed by atoms with Crippen LogP contribution in [-0.4, -0.2) is 47.2 Å². The van der Waals surface area contributed by atoms with E-state index in [2.05, 4.69) is 35.0 Å². The Balaban J connectivity index is 1.16. The number of carbonyl (C=O) groups is 2. The first-order valence-electron chi connectivity index (χ1n) is 13.4. The van der Waals surface area contributed by atoms with Gasteiger partial charge >= 0.3 is 0 Å². The van der Waals surface area contributed by atoms with Gasteiger partial charge in [-0.1, -0.05) is 61.4 Å². The normalized spacial score (nSPS) is 17.5. The van der Waals surface area contributed by atoms with Crippen molar-refractivity contribution >= 4 is 29.4 Å². The lowest BCUT2D eigenvalue weighted by Crippen LogP contribution is -2.23. The van der Waals surface area contributed by atoms with E-state index in [9.17, 15) is 9.59 Å². The van der Waals surface area contributed by atoms with Gasteiger partial charge in [-0.3, -0.25) is 24.5 Å². The maximum Gasteiger partial charge on any atom is 0.237 e. The van der Waals surface area contributed by atoms with Crippen molar-refractivity contribution < 1.29 is 9.59 Å². The van der Waals surface area contributed by atoms with Crippen molar-refractivity contribution in [3.05, 3.63) is 77.9 Å². The van der Waals surface area contributed by atoms with E-state index in [1.54, 1.807) is 12.4 Å². The second-order valence-corrected chi connectivity index (χ2v) is 11.0. The number of thioether (sulfide) groups is 1. The van der Waals surface area contributed by atoms with Crippen LogP contribution in [0.3, 0.4) is 0 Å². The third-order valence-corrected chi connectivity index (χ3v) is 8.38. The van der Waals surface area contributed by atoms with Crippen molar-refractivity contribution in [2.45, 2.75) is 62.1 Å². The number of pyridine rings is 1. The molecule has 3 aromatic heterocycles. The van der Waals surface area contributed by atoms with E-state index in [-0.39, 0.29) is 29.3 Å². The highest BCUT2D eigenvalue weighted by atomic mass is 32.2. The fourth-order valence-corrected chi connectivity index (χ4v) is 6.30. The summed E-state index contributed by atoms with van der Waals surface area (Å²) >= 11 is 1.36. The van der Waals surface area contributed by atoms with Gasteiger partial charge in [0.2, 0.25) is 11.9 Å². The minimum Gasteiger partial charge on any atom is -0.299 e. The highest BCUT2D eigenvalue weighted by Crippen LogP contribution is 2.36. The van der Waals surface area contributed by atoms with Gasteiger partial charge in [-0.15, -0.1) is 10.2 Å². The molecule has 198 valence electrons. The number of anilines is 1.